The van der Waals surface area contributed by atoms with Crippen LogP contribution < -0.4 is 5.73 Å². The van der Waals surface area contributed by atoms with E-state index in [1.807, 2.05) is 0 Å². The van der Waals surface area contributed by atoms with Gasteiger partial charge in [-0.15, -0.1) is 0 Å². The third-order valence-electron chi connectivity index (χ3n) is 3.70. The molecule has 7 heteroatoms. The summed E-state index contributed by atoms with van der Waals surface area (Å²) in [6, 6.07) is 5.08. The molecule has 3 rings (SSSR count). The quantitative estimate of drug-likeness (QED) is 0.717. The molecule has 1 fully saturated rings. The molecular formula is C13H17N3O3S. The van der Waals surface area contributed by atoms with Crippen LogP contribution in [0.2, 0.25) is 0 Å². The van der Waals surface area contributed by atoms with Crippen LogP contribution in [0.4, 0.5) is 5.69 Å². The van der Waals surface area contributed by atoms with Gasteiger partial charge >= 0.3 is 0 Å². The van der Waals surface area contributed by atoms with Gasteiger partial charge in [0.25, 0.3) is 0 Å². The summed E-state index contributed by atoms with van der Waals surface area (Å²) in [5.74, 6) is 0. The van der Waals surface area contributed by atoms with Gasteiger partial charge in [-0.25, -0.2) is 8.42 Å². The van der Waals surface area contributed by atoms with Crippen LogP contribution in [0.3, 0.4) is 0 Å². The standard InChI is InChI=1S/C13H17N3O3S/c1-13(17)4-5-16(8-13)20(18,19)12-7-15-11-6-9(14)2-3-10(11)12/h2-3,6-7,15,17H,4-5,8,14H2,1H3. The average molecular weight is 295 g/mol. The maximum Gasteiger partial charge on any atom is 0.245 e. The van der Waals surface area contributed by atoms with E-state index in [1.54, 1.807) is 25.1 Å². The SMILES string of the molecule is CC1(O)CCN(S(=O)(=O)c2c[nH]c3cc(N)ccc23)C1. The second kappa shape index (κ2) is 4.21. The predicted octanol–water partition coefficient (Wildman–Crippen LogP) is 0.896. The maximum absolute atomic E-state index is 12.6. The Balaban J connectivity index is 2.06. The molecule has 0 aliphatic carbocycles. The molecule has 0 radical (unpaired) electrons. The topological polar surface area (TPSA) is 99.4 Å². The van der Waals surface area contributed by atoms with Gasteiger partial charge in [0.15, 0.2) is 0 Å². The minimum Gasteiger partial charge on any atom is -0.399 e. The second-order valence-electron chi connectivity index (χ2n) is 5.54. The van der Waals surface area contributed by atoms with Crippen molar-refractivity contribution in [2.24, 2.45) is 0 Å². The number of aromatic amines is 1. The molecule has 20 heavy (non-hydrogen) atoms. The monoisotopic (exact) mass is 295 g/mol. The van der Waals surface area contributed by atoms with Gasteiger partial charge < -0.3 is 15.8 Å². The largest absolute Gasteiger partial charge is 0.399 e. The number of hydrogen-bond donors (Lipinski definition) is 3. The van der Waals surface area contributed by atoms with Crippen LogP contribution >= 0.6 is 0 Å². The normalized spacial score (nSPS) is 24.5. The van der Waals surface area contributed by atoms with Crippen molar-refractivity contribution in [2.75, 3.05) is 18.8 Å². The Kier molecular flexibility index (Phi) is 2.82. The van der Waals surface area contributed by atoms with E-state index in [-0.39, 0.29) is 11.4 Å². The summed E-state index contributed by atoms with van der Waals surface area (Å²) in [5.41, 5.74) is 6.00. The second-order valence-corrected chi connectivity index (χ2v) is 7.45. The number of sulfonamides is 1. The number of anilines is 1. The third kappa shape index (κ3) is 2.07. The number of aliphatic hydroxyl groups is 1. The van der Waals surface area contributed by atoms with E-state index in [9.17, 15) is 13.5 Å². The fourth-order valence-electron chi connectivity index (χ4n) is 2.58. The third-order valence-corrected chi connectivity index (χ3v) is 5.59. The molecule has 1 saturated heterocycles. The summed E-state index contributed by atoms with van der Waals surface area (Å²) in [4.78, 5) is 3.16. The van der Waals surface area contributed by atoms with Crippen LogP contribution in [0.25, 0.3) is 10.9 Å². The number of hydrogen-bond acceptors (Lipinski definition) is 4. The average Bonchev–Trinajstić information content (AvgIpc) is 2.92. The van der Waals surface area contributed by atoms with Gasteiger partial charge in [0.1, 0.15) is 4.90 Å². The number of nitrogens with two attached hydrogens (primary N) is 1. The van der Waals surface area contributed by atoms with Gasteiger partial charge in [-0.2, -0.15) is 4.31 Å². The van der Waals surface area contributed by atoms with E-state index in [0.29, 0.717) is 29.6 Å². The molecule has 1 aliphatic rings. The Morgan fingerprint density at radius 3 is 2.85 bits per heavy atom. The van der Waals surface area contributed by atoms with Crippen molar-refractivity contribution in [2.45, 2.75) is 23.8 Å². The lowest BCUT2D eigenvalue weighted by Gasteiger charge is -2.18. The highest BCUT2D eigenvalue weighted by molar-refractivity contribution is 7.89. The first-order valence-electron chi connectivity index (χ1n) is 6.39. The molecular weight excluding hydrogens is 278 g/mol. The lowest BCUT2D eigenvalue weighted by molar-refractivity contribution is 0.0762. The number of nitrogen functional groups attached to an aromatic ring is 1. The van der Waals surface area contributed by atoms with Crippen molar-refractivity contribution in [1.82, 2.24) is 9.29 Å². The summed E-state index contributed by atoms with van der Waals surface area (Å²) in [6.45, 7) is 2.10. The highest BCUT2D eigenvalue weighted by atomic mass is 32.2. The molecule has 0 bridgehead atoms. The number of nitrogens with zero attached hydrogens (tertiary/aromatic N) is 1. The van der Waals surface area contributed by atoms with Crippen LogP contribution in [0.15, 0.2) is 29.3 Å². The van der Waals surface area contributed by atoms with E-state index in [1.165, 1.54) is 10.5 Å². The predicted molar refractivity (Wildman–Crippen MR) is 76.7 cm³/mol. The minimum absolute atomic E-state index is 0.122. The Morgan fingerprint density at radius 2 is 2.20 bits per heavy atom. The zero-order valence-electron chi connectivity index (χ0n) is 11.1. The maximum atomic E-state index is 12.6. The van der Waals surface area contributed by atoms with Crippen molar-refractivity contribution in [3.8, 4) is 0 Å². The van der Waals surface area contributed by atoms with Crippen molar-refractivity contribution in [3.63, 3.8) is 0 Å². The number of benzene rings is 1. The summed E-state index contributed by atoms with van der Waals surface area (Å²) >= 11 is 0. The molecule has 0 saturated carbocycles. The minimum atomic E-state index is -3.60. The number of rotatable bonds is 2. The Hall–Kier alpha value is -1.57. The lowest BCUT2D eigenvalue weighted by Crippen LogP contribution is -2.33. The smallest absolute Gasteiger partial charge is 0.245 e. The van der Waals surface area contributed by atoms with E-state index in [2.05, 4.69) is 4.98 Å². The van der Waals surface area contributed by atoms with Crippen LogP contribution in [0.1, 0.15) is 13.3 Å². The lowest BCUT2D eigenvalue weighted by atomic mass is 10.1. The van der Waals surface area contributed by atoms with E-state index < -0.39 is 15.6 Å². The molecule has 108 valence electrons. The fraction of sp³-hybridized carbons (Fsp3) is 0.385. The van der Waals surface area contributed by atoms with Crippen LogP contribution in [0.5, 0.6) is 0 Å². The van der Waals surface area contributed by atoms with Crippen molar-refractivity contribution < 1.29 is 13.5 Å². The first-order chi connectivity index (χ1) is 9.29. The van der Waals surface area contributed by atoms with Gasteiger partial charge in [0, 0.05) is 35.9 Å². The molecule has 1 aromatic heterocycles. The molecule has 1 unspecified atom stereocenters. The molecule has 0 amide bonds. The van der Waals surface area contributed by atoms with E-state index in [0.717, 1.165) is 0 Å². The summed E-state index contributed by atoms with van der Waals surface area (Å²) in [6.07, 6.45) is 1.92. The van der Waals surface area contributed by atoms with Crippen molar-refractivity contribution >= 4 is 26.6 Å². The highest BCUT2D eigenvalue weighted by Crippen LogP contribution is 2.31. The van der Waals surface area contributed by atoms with Crippen molar-refractivity contribution in [3.05, 3.63) is 24.4 Å². The van der Waals surface area contributed by atoms with E-state index >= 15 is 0 Å². The number of aromatic nitrogens is 1. The Bertz CT molecular complexity index is 764. The van der Waals surface area contributed by atoms with Gasteiger partial charge in [-0.3, -0.25) is 0 Å². The summed E-state index contributed by atoms with van der Waals surface area (Å²) in [7, 11) is -3.60. The van der Waals surface area contributed by atoms with Gasteiger partial charge in [-0.1, -0.05) is 0 Å². The number of H-pyrrole nitrogens is 1. The molecule has 2 heterocycles. The summed E-state index contributed by atoms with van der Waals surface area (Å²) < 4.78 is 26.6. The fourth-order valence-corrected chi connectivity index (χ4v) is 4.30. The van der Waals surface area contributed by atoms with Gasteiger partial charge in [-0.05, 0) is 31.5 Å². The van der Waals surface area contributed by atoms with Crippen LogP contribution in [-0.2, 0) is 10.0 Å². The molecule has 0 spiro atoms. The molecule has 1 aliphatic heterocycles. The number of fused-ring (bicyclic) bond motifs is 1. The number of β-amino-alcohol motifs (C(OH)–C–C–N with tert-alkyl or cyclic N) is 1. The Morgan fingerprint density at radius 1 is 1.45 bits per heavy atom. The molecule has 2 aromatic rings. The van der Waals surface area contributed by atoms with Crippen LogP contribution in [-0.4, -0.2) is 41.5 Å². The first kappa shape index (κ1) is 13.4. The zero-order valence-corrected chi connectivity index (χ0v) is 11.9. The first-order valence-corrected chi connectivity index (χ1v) is 7.83. The Labute approximate surface area is 117 Å². The van der Waals surface area contributed by atoms with Crippen LogP contribution in [0, 0.1) is 0 Å². The molecule has 1 atom stereocenters. The number of nitrogens with one attached hydrogen (secondary N) is 1. The van der Waals surface area contributed by atoms with Gasteiger partial charge in [0.05, 0.1) is 5.60 Å². The van der Waals surface area contributed by atoms with Gasteiger partial charge in [0.2, 0.25) is 10.0 Å². The van der Waals surface area contributed by atoms with E-state index in [4.69, 9.17) is 5.73 Å². The summed E-state index contributed by atoms with van der Waals surface area (Å²) in [5, 5.41) is 10.6. The van der Waals surface area contributed by atoms with Crippen molar-refractivity contribution in [1.29, 1.82) is 0 Å². The molecule has 4 N–H and O–H groups in total. The molecule has 6 nitrogen and oxygen atoms in total. The zero-order chi connectivity index (χ0) is 14.5. The highest BCUT2D eigenvalue weighted by Gasteiger charge is 2.39. The molecule has 1 aromatic carbocycles.